The number of hydrogen-bond acceptors (Lipinski definition) is 5. The number of fused-ring (bicyclic) bond motifs is 1. The van der Waals surface area contributed by atoms with E-state index in [0.717, 1.165) is 10.3 Å². The Hall–Kier alpha value is -3.13. The minimum absolute atomic E-state index is 0.225. The summed E-state index contributed by atoms with van der Waals surface area (Å²) in [7, 11) is 0. The second-order valence-corrected chi connectivity index (χ2v) is 7.07. The maximum Gasteiger partial charge on any atom is 0.413 e. The number of rotatable bonds is 5. The van der Waals surface area contributed by atoms with Gasteiger partial charge in [0.2, 0.25) is 5.95 Å². The van der Waals surface area contributed by atoms with Crippen LogP contribution in [0.5, 0.6) is 0 Å². The van der Waals surface area contributed by atoms with Crippen LogP contribution in [-0.2, 0) is 0 Å². The van der Waals surface area contributed by atoms with Gasteiger partial charge in [-0.05, 0) is 51.1 Å². The Morgan fingerprint density at radius 1 is 1.25 bits per heavy atom. The average molecular weight is 402 g/mol. The van der Waals surface area contributed by atoms with Crippen molar-refractivity contribution in [1.82, 2.24) is 15.0 Å². The van der Waals surface area contributed by atoms with Gasteiger partial charge in [0.25, 0.3) is 5.56 Å². The first-order valence-electron chi connectivity index (χ1n) is 8.70. The number of amides is 1. The van der Waals surface area contributed by atoms with Crippen molar-refractivity contribution in [3.63, 3.8) is 0 Å². The Morgan fingerprint density at radius 2 is 2.00 bits per heavy atom. The van der Waals surface area contributed by atoms with Gasteiger partial charge in [0, 0.05) is 33.7 Å². The Balaban J connectivity index is 1.91. The summed E-state index contributed by atoms with van der Waals surface area (Å²) in [6.07, 6.45) is 0.371. The van der Waals surface area contributed by atoms with Crippen LogP contribution in [0.2, 0.25) is 5.02 Å². The molecule has 1 aromatic carbocycles. The second-order valence-electron chi connectivity index (χ2n) is 6.64. The number of anilines is 2. The molecule has 0 aliphatic rings. The minimum Gasteiger partial charge on any atom is -0.465 e. The fourth-order valence-corrected chi connectivity index (χ4v) is 3.10. The summed E-state index contributed by atoms with van der Waals surface area (Å²) in [4.78, 5) is 36.3. The highest BCUT2D eigenvalue weighted by Gasteiger charge is 2.20. The third kappa shape index (κ3) is 4.07. The summed E-state index contributed by atoms with van der Waals surface area (Å²) in [5, 5.41) is 13.8. The fraction of sp³-hybridized carbons (Fsp3) is 0.263. The van der Waals surface area contributed by atoms with Crippen molar-refractivity contribution in [2.24, 2.45) is 0 Å². The lowest BCUT2D eigenvalue weighted by atomic mass is 10.1. The molecule has 9 heteroatoms. The molecule has 3 N–H and O–H groups in total. The highest BCUT2D eigenvalue weighted by atomic mass is 35.5. The molecule has 0 fully saturated rings. The average Bonchev–Trinajstić information content (AvgIpc) is 2.61. The van der Waals surface area contributed by atoms with E-state index in [-0.39, 0.29) is 23.4 Å². The smallest absolute Gasteiger partial charge is 0.413 e. The highest BCUT2D eigenvalue weighted by molar-refractivity contribution is 6.31. The quantitative estimate of drug-likeness (QED) is 0.595. The van der Waals surface area contributed by atoms with Gasteiger partial charge in [0.05, 0.1) is 6.04 Å². The van der Waals surface area contributed by atoms with Crippen LogP contribution >= 0.6 is 11.6 Å². The Bertz CT molecular complexity index is 1080. The summed E-state index contributed by atoms with van der Waals surface area (Å²) < 4.78 is 0. The van der Waals surface area contributed by atoms with Crippen LogP contribution in [0.4, 0.5) is 16.6 Å². The number of halogens is 1. The zero-order valence-electron chi connectivity index (χ0n) is 15.6. The van der Waals surface area contributed by atoms with Gasteiger partial charge in [0.15, 0.2) is 0 Å². The normalized spacial score (nSPS) is 12.2. The van der Waals surface area contributed by atoms with E-state index < -0.39 is 12.1 Å². The first-order valence-corrected chi connectivity index (χ1v) is 9.08. The van der Waals surface area contributed by atoms with Crippen molar-refractivity contribution in [2.75, 3.05) is 10.2 Å². The number of hydrogen-bond donors (Lipinski definition) is 3. The molecule has 3 aromatic rings. The summed E-state index contributed by atoms with van der Waals surface area (Å²) >= 11 is 6.04. The predicted molar refractivity (Wildman–Crippen MR) is 109 cm³/mol. The molecule has 2 heterocycles. The first kappa shape index (κ1) is 19.6. The van der Waals surface area contributed by atoms with Gasteiger partial charge in [-0.3, -0.25) is 9.69 Å². The van der Waals surface area contributed by atoms with Gasteiger partial charge in [-0.15, -0.1) is 0 Å². The molecule has 3 rings (SSSR count). The Morgan fingerprint density at radius 3 is 2.68 bits per heavy atom. The Labute approximate surface area is 166 Å². The van der Waals surface area contributed by atoms with E-state index in [2.05, 4.69) is 20.3 Å². The van der Waals surface area contributed by atoms with Crippen LogP contribution < -0.4 is 15.8 Å². The van der Waals surface area contributed by atoms with Gasteiger partial charge in [0.1, 0.15) is 5.82 Å². The number of carboxylic acid groups (broad SMARTS) is 1. The van der Waals surface area contributed by atoms with E-state index >= 15 is 0 Å². The number of aromatic amines is 1. The molecular weight excluding hydrogens is 382 g/mol. The van der Waals surface area contributed by atoms with Crippen molar-refractivity contribution in [2.45, 2.75) is 32.9 Å². The first-order chi connectivity index (χ1) is 13.3. The molecule has 0 unspecified atom stereocenters. The molecule has 1 amide bonds. The Kier molecular flexibility index (Phi) is 5.51. The van der Waals surface area contributed by atoms with Crippen LogP contribution in [0.3, 0.4) is 0 Å². The molecule has 0 spiro atoms. The molecule has 1 atom stereocenters. The standard InChI is InChI=1S/C19H20ClN5O3/c1-10(2)25(19(27)28)16-6-7-21-18(24-16)22-11(3)14-9-12-8-13(20)4-5-15(12)23-17(14)26/h4-11H,1-3H3,(H,23,26)(H,27,28)(H,21,22,24)/t11-/m0/s1. The number of benzene rings is 1. The lowest BCUT2D eigenvalue weighted by Crippen LogP contribution is -2.36. The third-order valence-electron chi connectivity index (χ3n) is 4.26. The topological polar surface area (TPSA) is 111 Å². The van der Waals surface area contributed by atoms with Crippen molar-refractivity contribution in [1.29, 1.82) is 0 Å². The van der Waals surface area contributed by atoms with E-state index in [4.69, 9.17) is 11.6 Å². The van der Waals surface area contributed by atoms with Crippen LogP contribution in [0.25, 0.3) is 10.9 Å². The van der Waals surface area contributed by atoms with E-state index in [1.54, 1.807) is 45.0 Å². The molecule has 0 bridgehead atoms. The summed E-state index contributed by atoms with van der Waals surface area (Å²) in [6.45, 7) is 5.31. The number of aromatic nitrogens is 3. The van der Waals surface area contributed by atoms with Crippen LogP contribution in [0.15, 0.2) is 41.3 Å². The van der Waals surface area contributed by atoms with Crippen LogP contribution in [0, 0.1) is 0 Å². The van der Waals surface area contributed by atoms with Crippen LogP contribution in [-0.4, -0.2) is 32.2 Å². The minimum atomic E-state index is -1.10. The van der Waals surface area contributed by atoms with Gasteiger partial charge in [-0.25, -0.2) is 9.78 Å². The monoisotopic (exact) mass is 401 g/mol. The number of nitrogens with one attached hydrogen (secondary N) is 2. The zero-order chi connectivity index (χ0) is 20.4. The van der Waals surface area contributed by atoms with Gasteiger partial charge < -0.3 is 15.4 Å². The maximum absolute atomic E-state index is 12.4. The summed E-state index contributed by atoms with van der Waals surface area (Å²) in [5.74, 6) is 0.480. The number of nitrogens with zero attached hydrogens (tertiary/aromatic N) is 3. The van der Waals surface area contributed by atoms with Crippen molar-refractivity contribution in [3.05, 3.63) is 57.5 Å². The van der Waals surface area contributed by atoms with Gasteiger partial charge in [-0.1, -0.05) is 11.6 Å². The highest BCUT2D eigenvalue weighted by Crippen LogP contribution is 2.22. The van der Waals surface area contributed by atoms with Crippen molar-refractivity contribution >= 4 is 40.4 Å². The third-order valence-corrected chi connectivity index (χ3v) is 4.49. The lowest BCUT2D eigenvalue weighted by Gasteiger charge is -2.23. The van der Waals surface area contributed by atoms with E-state index in [0.29, 0.717) is 16.1 Å². The van der Waals surface area contributed by atoms with Crippen molar-refractivity contribution < 1.29 is 9.90 Å². The zero-order valence-corrected chi connectivity index (χ0v) is 16.4. The van der Waals surface area contributed by atoms with E-state index in [1.165, 1.54) is 12.3 Å². The number of H-pyrrole nitrogens is 1. The van der Waals surface area contributed by atoms with Gasteiger partial charge in [-0.2, -0.15) is 4.98 Å². The number of pyridine rings is 1. The summed E-state index contributed by atoms with van der Waals surface area (Å²) in [5.41, 5.74) is 0.945. The largest absolute Gasteiger partial charge is 0.465 e. The molecule has 146 valence electrons. The fourth-order valence-electron chi connectivity index (χ4n) is 2.92. The van der Waals surface area contributed by atoms with Gasteiger partial charge >= 0.3 is 6.09 Å². The molecule has 0 radical (unpaired) electrons. The SMILES string of the molecule is CC(C)N(C(=O)O)c1ccnc(N[C@@H](C)c2cc3cc(Cl)ccc3[nH]c2=O)n1. The van der Waals surface area contributed by atoms with E-state index in [9.17, 15) is 14.7 Å². The molecule has 2 aromatic heterocycles. The molecule has 0 aliphatic carbocycles. The molecule has 8 nitrogen and oxygen atoms in total. The number of carbonyl (C=O) groups is 1. The molecule has 0 aliphatic heterocycles. The lowest BCUT2D eigenvalue weighted by molar-refractivity contribution is 0.200. The molecule has 0 saturated heterocycles. The molecular formula is C19H20ClN5O3. The van der Waals surface area contributed by atoms with E-state index in [1.807, 2.05) is 0 Å². The summed E-state index contributed by atoms with van der Waals surface area (Å²) in [6, 6.07) is 7.82. The second kappa shape index (κ2) is 7.85. The van der Waals surface area contributed by atoms with Crippen LogP contribution in [0.1, 0.15) is 32.4 Å². The molecule has 0 saturated carbocycles. The maximum atomic E-state index is 12.4. The predicted octanol–water partition coefficient (Wildman–Crippen LogP) is 4.04. The van der Waals surface area contributed by atoms with Crippen molar-refractivity contribution in [3.8, 4) is 0 Å². The molecule has 28 heavy (non-hydrogen) atoms.